The Morgan fingerprint density at radius 2 is 1.93 bits per heavy atom. The van der Waals surface area contributed by atoms with Gasteiger partial charge in [-0.3, -0.25) is 4.79 Å². The number of amides is 1. The van der Waals surface area contributed by atoms with Gasteiger partial charge in [0, 0.05) is 33.8 Å². The van der Waals surface area contributed by atoms with Gasteiger partial charge in [-0.15, -0.1) is 10.2 Å². The molecule has 1 fully saturated rings. The molecule has 1 unspecified atom stereocenters. The molecule has 3 aromatic rings. The summed E-state index contributed by atoms with van der Waals surface area (Å²) in [5.41, 5.74) is 3.66. The maximum atomic E-state index is 12.9. The molecule has 30 heavy (non-hydrogen) atoms. The summed E-state index contributed by atoms with van der Waals surface area (Å²) in [6, 6.07) is 17.3. The lowest BCUT2D eigenvalue weighted by molar-refractivity contribution is -0.120. The Hall–Kier alpha value is -2.44. The van der Waals surface area contributed by atoms with Crippen LogP contribution < -0.4 is 10.2 Å². The number of nitrogens with zero attached hydrogens (tertiary/aromatic N) is 3. The fourth-order valence-corrected chi connectivity index (χ4v) is 4.27. The summed E-state index contributed by atoms with van der Waals surface area (Å²) < 4.78 is 1.00. The van der Waals surface area contributed by atoms with Gasteiger partial charge in [0.1, 0.15) is 0 Å². The van der Waals surface area contributed by atoms with E-state index in [4.69, 9.17) is 11.6 Å². The third-order valence-electron chi connectivity index (χ3n) is 5.35. The number of rotatable bonds is 4. The third kappa shape index (κ3) is 4.82. The van der Waals surface area contributed by atoms with E-state index in [1.165, 1.54) is 0 Å². The molecule has 0 spiro atoms. The van der Waals surface area contributed by atoms with Crippen molar-refractivity contribution < 1.29 is 4.79 Å². The van der Waals surface area contributed by atoms with Crippen LogP contribution in [0.5, 0.6) is 0 Å². The number of carbonyl (C=O) groups is 1. The highest BCUT2D eigenvalue weighted by Crippen LogP contribution is 2.26. The van der Waals surface area contributed by atoms with Crippen LogP contribution in [0.4, 0.5) is 11.5 Å². The van der Waals surface area contributed by atoms with Crippen molar-refractivity contribution in [1.82, 2.24) is 10.2 Å². The van der Waals surface area contributed by atoms with Crippen LogP contribution in [0, 0.1) is 12.8 Å². The molecule has 1 amide bonds. The first kappa shape index (κ1) is 20.8. The van der Waals surface area contributed by atoms with E-state index < -0.39 is 0 Å². The molecule has 7 heteroatoms. The number of aromatic nitrogens is 2. The number of halogens is 2. The molecular weight excluding hydrogens is 464 g/mol. The highest BCUT2D eigenvalue weighted by Gasteiger charge is 2.27. The molecule has 0 bridgehead atoms. The van der Waals surface area contributed by atoms with Crippen LogP contribution in [0.15, 0.2) is 59.1 Å². The molecule has 1 saturated heterocycles. The molecule has 1 aliphatic heterocycles. The summed E-state index contributed by atoms with van der Waals surface area (Å²) in [6.45, 7) is 3.50. The minimum atomic E-state index is -0.0838. The lowest BCUT2D eigenvalue weighted by Crippen LogP contribution is -2.41. The second-order valence-electron chi connectivity index (χ2n) is 7.52. The first-order valence-electron chi connectivity index (χ1n) is 9.91. The van der Waals surface area contributed by atoms with Gasteiger partial charge in [0.25, 0.3) is 0 Å². The number of piperidine rings is 1. The van der Waals surface area contributed by atoms with Crippen molar-refractivity contribution >= 4 is 44.9 Å². The zero-order valence-corrected chi connectivity index (χ0v) is 18.9. The fraction of sp³-hybridized carbons (Fsp3) is 0.261. The zero-order valence-electron chi connectivity index (χ0n) is 16.6. The molecule has 4 rings (SSSR count). The highest BCUT2D eigenvalue weighted by molar-refractivity contribution is 9.10. The Morgan fingerprint density at radius 1 is 1.13 bits per heavy atom. The van der Waals surface area contributed by atoms with E-state index in [2.05, 4.69) is 36.3 Å². The number of nitrogens with one attached hydrogen (secondary N) is 1. The monoisotopic (exact) mass is 484 g/mol. The molecule has 154 valence electrons. The standard InChI is InChI=1S/C23H22BrClN4O/c1-15-13-18(24)6-9-20(15)26-23(30)17-3-2-12-29(14-17)22-11-10-21(27-28-22)16-4-7-19(25)8-5-16/h4-11,13,17H,2-3,12,14H2,1H3,(H,26,30). The van der Waals surface area contributed by atoms with Gasteiger partial charge in [0.05, 0.1) is 11.6 Å². The number of hydrogen-bond donors (Lipinski definition) is 1. The van der Waals surface area contributed by atoms with Crippen molar-refractivity contribution in [3.63, 3.8) is 0 Å². The van der Waals surface area contributed by atoms with E-state index in [1.54, 1.807) is 0 Å². The van der Waals surface area contributed by atoms with Crippen LogP contribution in [-0.4, -0.2) is 29.2 Å². The normalized spacial score (nSPS) is 16.4. The van der Waals surface area contributed by atoms with Gasteiger partial charge in [-0.25, -0.2) is 0 Å². The Kier molecular flexibility index (Phi) is 6.35. The van der Waals surface area contributed by atoms with Crippen molar-refractivity contribution in [2.45, 2.75) is 19.8 Å². The Bertz CT molecular complexity index is 1040. The molecule has 1 aromatic heterocycles. The predicted octanol–water partition coefficient (Wildman–Crippen LogP) is 5.72. The van der Waals surface area contributed by atoms with Gasteiger partial charge < -0.3 is 10.2 Å². The lowest BCUT2D eigenvalue weighted by Gasteiger charge is -2.32. The summed E-state index contributed by atoms with van der Waals surface area (Å²) in [6.07, 6.45) is 1.81. The first-order chi connectivity index (χ1) is 14.5. The molecule has 2 aromatic carbocycles. The molecule has 0 aliphatic carbocycles. The smallest absolute Gasteiger partial charge is 0.229 e. The Labute approximate surface area is 189 Å². The minimum Gasteiger partial charge on any atom is -0.354 e. The van der Waals surface area contributed by atoms with Gasteiger partial charge in [-0.2, -0.15) is 0 Å². The van der Waals surface area contributed by atoms with Crippen LogP contribution in [0.3, 0.4) is 0 Å². The fourth-order valence-electron chi connectivity index (χ4n) is 3.67. The van der Waals surface area contributed by atoms with E-state index in [0.717, 1.165) is 52.2 Å². The molecular formula is C23H22BrClN4O. The number of carbonyl (C=O) groups excluding carboxylic acids is 1. The van der Waals surface area contributed by atoms with E-state index in [-0.39, 0.29) is 11.8 Å². The Balaban J connectivity index is 1.43. The van der Waals surface area contributed by atoms with Crippen LogP contribution in [0.1, 0.15) is 18.4 Å². The van der Waals surface area contributed by atoms with E-state index in [1.807, 2.05) is 61.5 Å². The summed E-state index contributed by atoms with van der Waals surface area (Å²) in [4.78, 5) is 15.0. The molecule has 1 N–H and O–H groups in total. The van der Waals surface area contributed by atoms with Gasteiger partial charge in [-0.1, -0.05) is 39.7 Å². The molecule has 2 heterocycles. The topological polar surface area (TPSA) is 58.1 Å². The average Bonchev–Trinajstić information content (AvgIpc) is 2.76. The first-order valence-corrected chi connectivity index (χ1v) is 11.1. The average molecular weight is 486 g/mol. The van der Waals surface area contributed by atoms with Crippen LogP contribution >= 0.6 is 27.5 Å². The third-order valence-corrected chi connectivity index (χ3v) is 6.10. The summed E-state index contributed by atoms with van der Waals surface area (Å²) in [7, 11) is 0. The second kappa shape index (κ2) is 9.14. The van der Waals surface area contributed by atoms with Crippen molar-refractivity contribution in [2.24, 2.45) is 5.92 Å². The van der Waals surface area contributed by atoms with Crippen molar-refractivity contribution in [3.8, 4) is 11.3 Å². The van der Waals surface area contributed by atoms with Crippen molar-refractivity contribution in [1.29, 1.82) is 0 Å². The lowest BCUT2D eigenvalue weighted by atomic mass is 9.97. The molecule has 1 atom stereocenters. The van der Waals surface area contributed by atoms with Gasteiger partial charge in [0.15, 0.2) is 5.82 Å². The Morgan fingerprint density at radius 3 is 2.63 bits per heavy atom. The van der Waals surface area contributed by atoms with E-state index in [0.29, 0.717) is 11.6 Å². The molecule has 5 nitrogen and oxygen atoms in total. The SMILES string of the molecule is Cc1cc(Br)ccc1NC(=O)C1CCCN(c2ccc(-c3ccc(Cl)cc3)nn2)C1. The minimum absolute atomic E-state index is 0.0517. The van der Waals surface area contributed by atoms with Gasteiger partial charge >= 0.3 is 0 Å². The zero-order chi connectivity index (χ0) is 21.1. The van der Waals surface area contributed by atoms with Crippen molar-refractivity contribution in [2.75, 3.05) is 23.3 Å². The molecule has 0 radical (unpaired) electrons. The van der Waals surface area contributed by atoms with Crippen LogP contribution in [0.2, 0.25) is 5.02 Å². The van der Waals surface area contributed by atoms with Gasteiger partial charge in [-0.05, 0) is 67.8 Å². The number of benzene rings is 2. The molecule has 1 aliphatic rings. The van der Waals surface area contributed by atoms with E-state index >= 15 is 0 Å². The van der Waals surface area contributed by atoms with Crippen LogP contribution in [-0.2, 0) is 4.79 Å². The van der Waals surface area contributed by atoms with Crippen molar-refractivity contribution in [3.05, 3.63) is 69.7 Å². The highest BCUT2D eigenvalue weighted by atomic mass is 79.9. The number of aryl methyl sites for hydroxylation is 1. The predicted molar refractivity (Wildman–Crippen MR) is 125 cm³/mol. The van der Waals surface area contributed by atoms with Crippen LogP contribution in [0.25, 0.3) is 11.3 Å². The number of hydrogen-bond acceptors (Lipinski definition) is 4. The maximum Gasteiger partial charge on any atom is 0.229 e. The summed E-state index contributed by atoms with van der Waals surface area (Å²) >= 11 is 9.41. The van der Waals surface area contributed by atoms with E-state index in [9.17, 15) is 4.79 Å². The van der Waals surface area contributed by atoms with Gasteiger partial charge in [0.2, 0.25) is 5.91 Å². The molecule has 0 saturated carbocycles. The number of anilines is 2. The largest absolute Gasteiger partial charge is 0.354 e. The quantitative estimate of drug-likeness (QED) is 0.513. The maximum absolute atomic E-state index is 12.9. The summed E-state index contributed by atoms with van der Waals surface area (Å²) in [5.74, 6) is 0.764. The summed E-state index contributed by atoms with van der Waals surface area (Å²) in [5, 5.41) is 12.6. The second-order valence-corrected chi connectivity index (χ2v) is 8.87.